The van der Waals surface area contributed by atoms with E-state index in [9.17, 15) is 9.90 Å². The molecule has 0 spiro atoms. The number of aliphatic hydroxyl groups is 1. The van der Waals surface area contributed by atoms with E-state index in [1.807, 2.05) is 13.8 Å². The van der Waals surface area contributed by atoms with Crippen LogP contribution in [0.4, 0.5) is 0 Å². The monoisotopic (exact) mass is 214 g/mol. The largest absolute Gasteiger partial charge is 0.391 e. The van der Waals surface area contributed by atoms with Crippen LogP contribution in [0.2, 0.25) is 0 Å². The van der Waals surface area contributed by atoms with E-state index in [2.05, 4.69) is 10.6 Å². The molecule has 2 unspecified atom stereocenters. The zero-order valence-electron chi connectivity index (χ0n) is 9.84. The highest BCUT2D eigenvalue weighted by Crippen LogP contribution is 2.18. The molecular formula is C11H22N2O2. The van der Waals surface area contributed by atoms with Crippen LogP contribution in [0.25, 0.3) is 0 Å². The lowest BCUT2D eigenvalue weighted by Crippen LogP contribution is -2.56. The van der Waals surface area contributed by atoms with Crippen molar-refractivity contribution in [3.05, 3.63) is 0 Å². The van der Waals surface area contributed by atoms with Gasteiger partial charge in [-0.1, -0.05) is 12.8 Å². The van der Waals surface area contributed by atoms with Crippen LogP contribution in [0.15, 0.2) is 0 Å². The van der Waals surface area contributed by atoms with Crippen molar-refractivity contribution < 1.29 is 9.90 Å². The van der Waals surface area contributed by atoms with E-state index in [0.29, 0.717) is 0 Å². The molecule has 2 atom stereocenters. The second kappa shape index (κ2) is 4.94. The normalized spacial score (nSPS) is 27.5. The molecule has 0 aliphatic heterocycles. The second-order valence-electron chi connectivity index (χ2n) is 4.81. The average molecular weight is 214 g/mol. The standard InChI is InChI=1S/C11H22N2O2/c1-11(2,12-3)10(15)13-8-6-4-5-7-9(8)14/h8-9,12,14H,4-7H2,1-3H3,(H,13,15). The summed E-state index contributed by atoms with van der Waals surface area (Å²) in [6.07, 6.45) is 3.44. The molecule has 88 valence electrons. The molecule has 0 radical (unpaired) electrons. The minimum atomic E-state index is -0.572. The summed E-state index contributed by atoms with van der Waals surface area (Å²) in [5, 5.41) is 15.6. The zero-order valence-corrected chi connectivity index (χ0v) is 9.84. The van der Waals surface area contributed by atoms with Gasteiger partial charge in [0, 0.05) is 0 Å². The maximum absolute atomic E-state index is 11.8. The van der Waals surface area contributed by atoms with Gasteiger partial charge in [-0.15, -0.1) is 0 Å². The summed E-state index contributed by atoms with van der Waals surface area (Å²) in [5.41, 5.74) is -0.572. The highest BCUT2D eigenvalue weighted by Gasteiger charge is 2.30. The van der Waals surface area contributed by atoms with Gasteiger partial charge in [0.05, 0.1) is 17.7 Å². The van der Waals surface area contributed by atoms with Gasteiger partial charge in [-0.05, 0) is 33.7 Å². The SMILES string of the molecule is CNC(C)(C)C(=O)NC1CCCCC1O. The molecule has 0 aromatic heterocycles. The van der Waals surface area contributed by atoms with E-state index in [4.69, 9.17) is 0 Å². The van der Waals surface area contributed by atoms with Crippen LogP contribution in [-0.4, -0.2) is 35.7 Å². The maximum Gasteiger partial charge on any atom is 0.240 e. The molecular weight excluding hydrogens is 192 g/mol. The topological polar surface area (TPSA) is 61.4 Å². The number of amides is 1. The van der Waals surface area contributed by atoms with E-state index in [1.165, 1.54) is 0 Å². The van der Waals surface area contributed by atoms with E-state index >= 15 is 0 Å². The van der Waals surface area contributed by atoms with Gasteiger partial charge in [-0.3, -0.25) is 4.79 Å². The molecule has 0 heterocycles. The van der Waals surface area contributed by atoms with Crippen molar-refractivity contribution in [1.82, 2.24) is 10.6 Å². The van der Waals surface area contributed by atoms with Crippen molar-refractivity contribution in [2.45, 2.75) is 57.2 Å². The third kappa shape index (κ3) is 3.18. The lowest BCUT2D eigenvalue weighted by atomic mass is 9.91. The lowest BCUT2D eigenvalue weighted by Gasteiger charge is -2.32. The van der Waals surface area contributed by atoms with Crippen LogP contribution in [0, 0.1) is 0 Å². The molecule has 0 aromatic rings. The van der Waals surface area contributed by atoms with Crippen LogP contribution in [0.3, 0.4) is 0 Å². The van der Waals surface area contributed by atoms with Crippen LogP contribution in [-0.2, 0) is 4.79 Å². The van der Waals surface area contributed by atoms with Crippen molar-refractivity contribution in [2.24, 2.45) is 0 Å². The van der Waals surface area contributed by atoms with Crippen LogP contribution >= 0.6 is 0 Å². The highest BCUT2D eigenvalue weighted by atomic mass is 16.3. The molecule has 1 rings (SSSR count). The molecule has 1 fully saturated rings. The number of aliphatic hydroxyl groups excluding tert-OH is 1. The third-order valence-corrected chi connectivity index (χ3v) is 3.24. The van der Waals surface area contributed by atoms with Gasteiger partial charge in [-0.25, -0.2) is 0 Å². The Bertz CT molecular complexity index is 229. The quantitative estimate of drug-likeness (QED) is 0.637. The molecule has 3 N–H and O–H groups in total. The first-order chi connectivity index (χ1) is 6.97. The Labute approximate surface area is 91.4 Å². The summed E-state index contributed by atoms with van der Waals surface area (Å²) >= 11 is 0. The number of rotatable bonds is 3. The first-order valence-electron chi connectivity index (χ1n) is 5.65. The summed E-state index contributed by atoms with van der Waals surface area (Å²) in [4.78, 5) is 11.8. The van der Waals surface area contributed by atoms with Gasteiger partial charge in [-0.2, -0.15) is 0 Å². The fraction of sp³-hybridized carbons (Fsp3) is 0.909. The summed E-state index contributed by atoms with van der Waals surface area (Å²) in [6, 6.07) is -0.0705. The molecule has 1 amide bonds. The van der Waals surface area contributed by atoms with Crippen molar-refractivity contribution in [3.8, 4) is 0 Å². The number of hydrogen-bond acceptors (Lipinski definition) is 3. The minimum Gasteiger partial charge on any atom is -0.391 e. The highest BCUT2D eigenvalue weighted by molar-refractivity contribution is 5.85. The second-order valence-corrected chi connectivity index (χ2v) is 4.81. The molecule has 1 aliphatic carbocycles. The lowest BCUT2D eigenvalue weighted by molar-refractivity contribution is -0.128. The van der Waals surface area contributed by atoms with Gasteiger partial charge in [0.2, 0.25) is 5.91 Å². The average Bonchev–Trinajstić information content (AvgIpc) is 2.21. The van der Waals surface area contributed by atoms with E-state index in [-0.39, 0.29) is 18.1 Å². The van der Waals surface area contributed by atoms with Gasteiger partial charge < -0.3 is 15.7 Å². The Morgan fingerprint density at radius 2 is 1.93 bits per heavy atom. The van der Waals surface area contributed by atoms with Gasteiger partial charge in [0.1, 0.15) is 0 Å². The van der Waals surface area contributed by atoms with Gasteiger partial charge >= 0.3 is 0 Å². The maximum atomic E-state index is 11.8. The van der Waals surface area contributed by atoms with Crippen molar-refractivity contribution in [2.75, 3.05) is 7.05 Å². The number of carbonyl (C=O) groups is 1. The summed E-state index contributed by atoms with van der Waals surface area (Å²) in [7, 11) is 1.76. The zero-order chi connectivity index (χ0) is 11.5. The molecule has 0 bridgehead atoms. The Morgan fingerprint density at radius 3 is 2.47 bits per heavy atom. The Kier molecular flexibility index (Phi) is 4.11. The van der Waals surface area contributed by atoms with E-state index < -0.39 is 5.54 Å². The third-order valence-electron chi connectivity index (χ3n) is 3.24. The summed E-state index contributed by atoms with van der Waals surface area (Å²) < 4.78 is 0. The molecule has 0 aromatic carbocycles. The Morgan fingerprint density at radius 1 is 1.33 bits per heavy atom. The van der Waals surface area contributed by atoms with Crippen molar-refractivity contribution in [3.63, 3.8) is 0 Å². The molecule has 1 aliphatic rings. The summed E-state index contributed by atoms with van der Waals surface area (Å²) in [6.45, 7) is 3.66. The molecule has 15 heavy (non-hydrogen) atoms. The first kappa shape index (κ1) is 12.5. The van der Waals surface area contributed by atoms with Crippen LogP contribution in [0.1, 0.15) is 39.5 Å². The predicted molar refractivity (Wildman–Crippen MR) is 59.5 cm³/mol. The number of hydrogen-bond donors (Lipinski definition) is 3. The first-order valence-corrected chi connectivity index (χ1v) is 5.65. The minimum absolute atomic E-state index is 0.0454. The van der Waals surface area contributed by atoms with Crippen molar-refractivity contribution >= 4 is 5.91 Å². The fourth-order valence-corrected chi connectivity index (χ4v) is 1.74. The van der Waals surface area contributed by atoms with Crippen molar-refractivity contribution in [1.29, 1.82) is 0 Å². The molecule has 1 saturated carbocycles. The smallest absolute Gasteiger partial charge is 0.240 e. The molecule has 0 saturated heterocycles. The Balaban J connectivity index is 2.50. The van der Waals surface area contributed by atoms with Crippen LogP contribution < -0.4 is 10.6 Å². The number of nitrogens with one attached hydrogen (secondary N) is 2. The number of likely N-dealkylation sites (N-methyl/N-ethyl adjacent to an activating group) is 1. The van der Waals surface area contributed by atoms with Gasteiger partial charge in [0.25, 0.3) is 0 Å². The van der Waals surface area contributed by atoms with E-state index in [0.717, 1.165) is 25.7 Å². The number of carbonyl (C=O) groups excluding carboxylic acids is 1. The fourth-order valence-electron chi connectivity index (χ4n) is 1.74. The van der Waals surface area contributed by atoms with Crippen LogP contribution in [0.5, 0.6) is 0 Å². The molecule has 4 nitrogen and oxygen atoms in total. The Hall–Kier alpha value is -0.610. The molecule has 4 heteroatoms. The van der Waals surface area contributed by atoms with E-state index in [1.54, 1.807) is 7.05 Å². The summed E-state index contributed by atoms with van der Waals surface area (Å²) in [5.74, 6) is -0.0454. The van der Waals surface area contributed by atoms with Gasteiger partial charge in [0.15, 0.2) is 0 Å². The predicted octanol–water partition coefficient (Wildman–Crippen LogP) is 0.404.